The molecule has 3 rings (SSSR count). The number of carbonyl (C=O) groups is 1. The van der Waals surface area contributed by atoms with Gasteiger partial charge in [0.2, 0.25) is 10.0 Å². The predicted octanol–water partition coefficient (Wildman–Crippen LogP) is 3.54. The number of nitrogens with zero attached hydrogens (tertiary/aromatic N) is 3. The third-order valence-corrected chi connectivity index (χ3v) is 6.70. The molecule has 0 amide bonds. The lowest BCUT2D eigenvalue weighted by Gasteiger charge is -2.25. The first-order valence-corrected chi connectivity index (χ1v) is 12.2. The minimum Gasteiger partial charge on any atom is -0.459 e. The van der Waals surface area contributed by atoms with Crippen LogP contribution in [0.15, 0.2) is 64.6 Å². The van der Waals surface area contributed by atoms with Crippen molar-refractivity contribution in [2.24, 2.45) is 10.8 Å². The summed E-state index contributed by atoms with van der Waals surface area (Å²) in [6.07, 6.45) is 2.65. The molecule has 0 unspecified atom stereocenters. The molecule has 0 radical (unpaired) electrons. The number of hydrogen-bond donors (Lipinski definition) is 2. The molecule has 1 heterocycles. The average molecular weight is 504 g/mol. The topological polar surface area (TPSA) is 127 Å². The molecule has 2 aromatic carbocycles. The molecule has 0 aliphatic heterocycles. The van der Waals surface area contributed by atoms with Gasteiger partial charge in [0.15, 0.2) is 5.82 Å². The van der Waals surface area contributed by atoms with Crippen LogP contribution in [-0.2, 0) is 26.1 Å². The van der Waals surface area contributed by atoms with E-state index >= 15 is 0 Å². The first-order valence-electron chi connectivity index (χ1n) is 10.3. The van der Waals surface area contributed by atoms with Crippen molar-refractivity contribution in [2.45, 2.75) is 37.8 Å². The van der Waals surface area contributed by atoms with Gasteiger partial charge in [0, 0.05) is 23.5 Å². The number of aromatic nitrogens is 1. The average Bonchev–Trinajstić information content (AvgIpc) is 2.77. The Kier molecular flexibility index (Phi) is 7.88. The molecule has 0 saturated carbocycles. The van der Waals surface area contributed by atoms with E-state index in [1.54, 1.807) is 51.1 Å². The number of esters is 1. The molecule has 3 aromatic rings. The molecular weight excluding hydrogens is 478 g/mol. The fourth-order valence-electron chi connectivity index (χ4n) is 3.22. The number of rotatable bonds is 8. The molecule has 3 N–H and O–H groups in total. The number of pyridine rings is 1. The Bertz CT molecular complexity index is 1310. The molecule has 0 fully saturated rings. The van der Waals surface area contributed by atoms with Crippen molar-refractivity contribution in [3.8, 4) is 0 Å². The van der Waals surface area contributed by atoms with Gasteiger partial charge in [-0.1, -0.05) is 48.0 Å². The van der Waals surface area contributed by atoms with Gasteiger partial charge in [-0.25, -0.2) is 24.2 Å². The highest BCUT2D eigenvalue weighted by molar-refractivity contribution is 7.89. The maximum Gasteiger partial charge on any atom is 0.321 e. The summed E-state index contributed by atoms with van der Waals surface area (Å²) < 4.78 is 33.8. The summed E-state index contributed by atoms with van der Waals surface area (Å²) in [5.74, 6) is 4.83. The maximum atomic E-state index is 13.7. The number of aliphatic imine (C=N–C) groups is 1. The number of halogens is 1. The van der Waals surface area contributed by atoms with Gasteiger partial charge < -0.3 is 10.2 Å². The molecule has 1 aromatic heterocycles. The summed E-state index contributed by atoms with van der Waals surface area (Å²) in [5, 5.41) is 1.33. The molecule has 0 spiro atoms. The standard InChI is InChI=1S/C23H26ClN5O4S/c1-23(2,3)33-21(30)14-29(13-16-7-5-4-6-8-16)34(31,32)17-9-10-18-19(11-17)22(27-15-28-25)26-12-20(18)24/h4-12,15H,13-14,25H2,1-3H3,(H,26,27,28). The molecule has 0 aliphatic rings. The van der Waals surface area contributed by atoms with Crippen molar-refractivity contribution in [3.05, 3.63) is 65.3 Å². The number of carbonyl (C=O) groups excluding carboxylic acids is 1. The van der Waals surface area contributed by atoms with Gasteiger partial charge in [0.05, 0.1) is 9.92 Å². The Balaban J connectivity index is 2.07. The van der Waals surface area contributed by atoms with E-state index in [9.17, 15) is 13.2 Å². The van der Waals surface area contributed by atoms with E-state index in [1.807, 2.05) is 6.07 Å². The highest BCUT2D eigenvalue weighted by atomic mass is 35.5. The van der Waals surface area contributed by atoms with Gasteiger partial charge in [0.25, 0.3) is 0 Å². The lowest BCUT2D eigenvalue weighted by molar-refractivity contribution is -0.155. The second kappa shape index (κ2) is 10.5. The van der Waals surface area contributed by atoms with Gasteiger partial charge in [-0.05, 0) is 38.5 Å². The maximum absolute atomic E-state index is 13.7. The van der Waals surface area contributed by atoms with E-state index in [4.69, 9.17) is 22.2 Å². The fraction of sp³-hybridized carbons (Fsp3) is 0.261. The van der Waals surface area contributed by atoms with Crippen LogP contribution in [0.25, 0.3) is 10.8 Å². The van der Waals surface area contributed by atoms with E-state index in [2.05, 4.69) is 15.4 Å². The predicted molar refractivity (Wildman–Crippen MR) is 132 cm³/mol. The van der Waals surface area contributed by atoms with Gasteiger partial charge >= 0.3 is 5.97 Å². The number of hydrazine groups is 1. The molecule has 0 saturated heterocycles. The fourth-order valence-corrected chi connectivity index (χ4v) is 4.83. The molecule has 0 bridgehead atoms. The minimum absolute atomic E-state index is 0.0175. The molecule has 9 nitrogen and oxygen atoms in total. The number of ether oxygens (including phenoxy) is 1. The first-order chi connectivity index (χ1) is 16.0. The van der Waals surface area contributed by atoms with Crippen molar-refractivity contribution in [3.63, 3.8) is 0 Å². The van der Waals surface area contributed by atoms with E-state index in [1.165, 1.54) is 24.7 Å². The molecule has 0 aliphatic carbocycles. The van der Waals surface area contributed by atoms with Crippen LogP contribution in [0.5, 0.6) is 0 Å². The van der Waals surface area contributed by atoms with Gasteiger partial charge in [-0.2, -0.15) is 4.31 Å². The quantitative estimate of drug-likeness (QED) is 0.158. The second-order valence-corrected chi connectivity index (χ2v) is 10.8. The number of sulfonamides is 1. The second-order valence-electron chi connectivity index (χ2n) is 8.41. The van der Waals surface area contributed by atoms with Crippen molar-refractivity contribution in [1.82, 2.24) is 14.7 Å². The highest BCUT2D eigenvalue weighted by Gasteiger charge is 2.29. The summed E-state index contributed by atoms with van der Waals surface area (Å²) >= 11 is 6.25. The molecule has 0 atom stereocenters. The molecule has 180 valence electrons. The molecule has 11 heteroatoms. The van der Waals surface area contributed by atoms with Crippen LogP contribution >= 0.6 is 11.6 Å². The Morgan fingerprint density at radius 2 is 1.91 bits per heavy atom. The van der Waals surface area contributed by atoms with Crippen LogP contribution < -0.4 is 11.3 Å². The van der Waals surface area contributed by atoms with Crippen LogP contribution in [-0.4, -0.2) is 42.2 Å². The summed E-state index contributed by atoms with van der Waals surface area (Å²) in [6, 6.07) is 13.4. The number of nitrogens with one attached hydrogen (secondary N) is 1. The van der Waals surface area contributed by atoms with Crippen LogP contribution in [0.1, 0.15) is 26.3 Å². The van der Waals surface area contributed by atoms with Crippen LogP contribution in [0, 0.1) is 0 Å². The summed E-state index contributed by atoms with van der Waals surface area (Å²) in [5.41, 5.74) is 2.25. The zero-order chi connectivity index (χ0) is 24.9. The van der Waals surface area contributed by atoms with E-state index in [-0.39, 0.29) is 17.3 Å². The lowest BCUT2D eigenvalue weighted by Crippen LogP contribution is -2.38. The van der Waals surface area contributed by atoms with E-state index in [0.717, 1.165) is 9.87 Å². The normalized spacial score (nSPS) is 12.4. The summed E-state index contributed by atoms with van der Waals surface area (Å²) in [7, 11) is -4.12. The Morgan fingerprint density at radius 3 is 2.56 bits per heavy atom. The van der Waals surface area contributed by atoms with Crippen LogP contribution in [0.2, 0.25) is 5.02 Å². The Hall–Kier alpha value is -3.05. The third kappa shape index (κ3) is 6.29. The molecular formula is C23H26ClN5O4S. The zero-order valence-corrected chi connectivity index (χ0v) is 20.6. The van der Waals surface area contributed by atoms with Crippen LogP contribution in [0.4, 0.5) is 5.82 Å². The van der Waals surface area contributed by atoms with Crippen LogP contribution in [0.3, 0.4) is 0 Å². The van der Waals surface area contributed by atoms with Crippen molar-refractivity contribution in [1.29, 1.82) is 0 Å². The number of fused-ring (bicyclic) bond motifs is 1. The highest BCUT2D eigenvalue weighted by Crippen LogP contribution is 2.32. The minimum atomic E-state index is -4.12. The van der Waals surface area contributed by atoms with Crippen molar-refractivity contribution < 1.29 is 17.9 Å². The monoisotopic (exact) mass is 503 g/mol. The SMILES string of the molecule is CC(C)(C)OC(=O)CN(Cc1ccccc1)S(=O)(=O)c1ccc2c(Cl)cnc(N=CNN)c2c1. The first kappa shape index (κ1) is 25.6. The summed E-state index contributed by atoms with van der Waals surface area (Å²) in [6.45, 7) is 4.69. The zero-order valence-electron chi connectivity index (χ0n) is 19.0. The van der Waals surface area contributed by atoms with Gasteiger partial charge in [-0.15, -0.1) is 0 Å². The van der Waals surface area contributed by atoms with Crippen molar-refractivity contribution in [2.75, 3.05) is 6.54 Å². The van der Waals surface area contributed by atoms with E-state index < -0.39 is 28.1 Å². The van der Waals surface area contributed by atoms with Gasteiger partial charge in [0.1, 0.15) is 18.5 Å². The number of nitrogens with two attached hydrogens (primary N) is 1. The lowest BCUT2D eigenvalue weighted by atomic mass is 10.1. The largest absolute Gasteiger partial charge is 0.459 e. The summed E-state index contributed by atoms with van der Waals surface area (Å²) in [4.78, 5) is 20.8. The van der Waals surface area contributed by atoms with E-state index in [0.29, 0.717) is 15.8 Å². The Morgan fingerprint density at radius 1 is 1.21 bits per heavy atom. The number of hydrogen-bond acceptors (Lipinski definition) is 7. The number of benzene rings is 2. The molecule has 34 heavy (non-hydrogen) atoms. The smallest absolute Gasteiger partial charge is 0.321 e. The Labute approximate surface area is 203 Å². The third-order valence-electron chi connectivity index (χ3n) is 4.62. The van der Waals surface area contributed by atoms with Gasteiger partial charge in [-0.3, -0.25) is 4.79 Å². The van der Waals surface area contributed by atoms with Crippen molar-refractivity contribution >= 4 is 50.5 Å².